The van der Waals surface area contributed by atoms with Crippen molar-refractivity contribution in [3.63, 3.8) is 0 Å². The summed E-state index contributed by atoms with van der Waals surface area (Å²) in [5, 5.41) is 0. The largest absolute Gasteiger partial charge is 0.351 e. The molecule has 94 valence electrons. The number of nitrogens with two attached hydrogens (primary N) is 1. The van der Waals surface area contributed by atoms with Crippen LogP contribution in [-0.2, 0) is 10.3 Å². The molecular formula is C13H15N3O2. The van der Waals surface area contributed by atoms with Gasteiger partial charge in [0.15, 0.2) is 0 Å². The molecule has 5 nitrogen and oxygen atoms in total. The molecule has 1 aromatic carbocycles. The monoisotopic (exact) mass is 245 g/mol. The highest BCUT2D eigenvalue weighted by Crippen LogP contribution is 2.45. The standard InChI is InChI=1S/C13H15N3O2/c1-16(12(14)18)11-5-2-4-10(8-11)13(15-9-17)6-3-7-13/h2,4-5,8H,3,6-7H2,1H3,(H2,14,18). The van der Waals surface area contributed by atoms with Crippen LogP contribution in [0.25, 0.3) is 0 Å². The van der Waals surface area contributed by atoms with E-state index in [0.717, 1.165) is 24.8 Å². The van der Waals surface area contributed by atoms with Gasteiger partial charge in [0.1, 0.15) is 0 Å². The third-order valence-electron chi connectivity index (χ3n) is 3.54. The van der Waals surface area contributed by atoms with Crippen LogP contribution in [0.2, 0.25) is 0 Å². The van der Waals surface area contributed by atoms with Gasteiger partial charge in [-0.05, 0) is 37.0 Å². The lowest BCUT2D eigenvalue weighted by atomic mass is 9.72. The smallest absolute Gasteiger partial charge is 0.318 e. The minimum Gasteiger partial charge on any atom is -0.351 e. The van der Waals surface area contributed by atoms with E-state index in [9.17, 15) is 9.59 Å². The Kier molecular flexibility index (Phi) is 3.17. The molecule has 0 atom stereocenters. The normalized spacial score (nSPS) is 16.3. The predicted octanol–water partition coefficient (Wildman–Crippen LogP) is 1.92. The molecule has 0 saturated heterocycles. The van der Waals surface area contributed by atoms with Crippen molar-refractivity contribution < 1.29 is 9.59 Å². The summed E-state index contributed by atoms with van der Waals surface area (Å²) in [5.74, 6) is 0. The molecule has 0 unspecified atom stereocenters. The zero-order valence-corrected chi connectivity index (χ0v) is 10.2. The van der Waals surface area contributed by atoms with Gasteiger partial charge in [0, 0.05) is 12.7 Å². The maximum Gasteiger partial charge on any atom is 0.318 e. The fourth-order valence-corrected chi connectivity index (χ4v) is 2.20. The third kappa shape index (κ3) is 2.00. The Morgan fingerprint density at radius 2 is 2.22 bits per heavy atom. The van der Waals surface area contributed by atoms with Gasteiger partial charge in [0.2, 0.25) is 6.08 Å². The summed E-state index contributed by atoms with van der Waals surface area (Å²) in [5.41, 5.74) is 6.42. The van der Waals surface area contributed by atoms with Gasteiger partial charge < -0.3 is 5.73 Å². The molecule has 1 saturated carbocycles. The number of nitrogens with zero attached hydrogens (tertiary/aromatic N) is 2. The first-order valence-electron chi connectivity index (χ1n) is 5.82. The van der Waals surface area contributed by atoms with E-state index in [0.29, 0.717) is 5.69 Å². The second kappa shape index (κ2) is 4.63. The van der Waals surface area contributed by atoms with Crippen LogP contribution in [0.1, 0.15) is 24.8 Å². The van der Waals surface area contributed by atoms with Gasteiger partial charge in [0.05, 0.1) is 5.54 Å². The van der Waals surface area contributed by atoms with E-state index < -0.39 is 11.6 Å². The number of isocyanates is 1. The first-order valence-corrected chi connectivity index (χ1v) is 5.82. The van der Waals surface area contributed by atoms with Gasteiger partial charge in [-0.2, -0.15) is 4.99 Å². The van der Waals surface area contributed by atoms with Crippen LogP contribution in [0.4, 0.5) is 10.5 Å². The summed E-state index contributed by atoms with van der Waals surface area (Å²) >= 11 is 0. The van der Waals surface area contributed by atoms with E-state index in [2.05, 4.69) is 4.99 Å². The summed E-state index contributed by atoms with van der Waals surface area (Å²) in [6.45, 7) is 0. The van der Waals surface area contributed by atoms with E-state index in [-0.39, 0.29) is 0 Å². The van der Waals surface area contributed by atoms with Crippen molar-refractivity contribution in [1.82, 2.24) is 0 Å². The first kappa shape index (κ1) is 12.3. The van der Waals surface area contributed by atoms with E-state index >= 15 is 0 Å². The van der Waals surface area contributed by atoms with E-state index in [1.165, 1.54) is 4.90 Å². The zero-order valence-electron chi connectivity index (χ0n) is 10.2. The molecule has 2 rings (SSSR count). The van der Waals surface area contributed by atoms with Crippen molar-refractivity contribution in [3.8, 4) is 0 Å². The fourth-order valence-electron chi connectivity index (χ4n) is 2.20. The van der Waals surface area contributed by atoms with Gasteiger partial charge in [-0.1, -0.05) is 12.1 Å². The van der Waals surface area contributed by atoms with E-state index in [1.807, 2.05) is 18.2 Å². The average molecular weight is 245 g/mol. The summed E-state index contributed by atoms with van der Waals surface area (Å²) in [6, 6.07) is 6.88. The minimum atomic E-state index is -0.520. The number of urea groups is 1. The zero-order chi connectivity index (χ0) is 13.2. The number of anilines is 1. The highest BCUT2D eigenvalue weighted by Gasteiger charge is 2.39. The minimum absolute atomic E-state index is 0.448. The Hall–Kier alpha value is -2.13. The van der Waals surface area contributed by atoms with Crippen LogP contribution in [0.5, 0.6) is 0 Å². The van der Waals surface area contributed by atoms with Crippen molar-refractivity contribution in [3.05, 3.63) is 29.8 Å². The van der Waals surface area contributed by atoms with Crippen LogP contribution in [0, 0.1) is 0 Å². The van der Waals surface area contributed by atoms with Crippen molar-refractivity contribution in [1.29, 1.82) is 0 Å². The summed E-state index contributed by atoms with van der Waals surface area (Å²) < 4.78 is 0. The Morgan fingerprint density at radius 1 is 1.50 bits per heavy atom. The predicted molar refractivity (Wildman–Crippen MR) is 68.1 cm³/mol. The van der Waals surface area contributed by atoms with Gasteiger partial charge in [-0.15, -0.1) is 0 Å². The highest BCUT2D eigenvalue weighted by atomic mass is 16.2. The van der Waals surface area contributed by atoms with Crippen LogP contribution < -0.4 is 10.6 Å². The number of benzene rings is 1. The number of carbonyl (C=O) groups excluding carboxylic acids is 2. The van der Waals surface area contributed by atoms with Gasteiger partial charge in [-0.3, -0.25) is 4.90 Å². The molecule has 1 fully saturated rings. The van der Waals surface area contributed by atoms with Gasteiger partial charge >= 0.3 is 6.03 Å². The van der Waals surface area contributed by atoms with E-state index in [1.54, 1.807) is 19.2 Å². The molecule has 1 aliphatic carbocycles. The Bertz CT molecular complexity index is 517. The number of rotatable bonds is 3. The molecule has 0 aromatic heterocycles. The molecule has 1 aliphatic rings. The molecule has 18 heavy (non-hydrogen) atoms. The maximum atomic E-state index is 11.1. The maximum absolute atomic E-state index is 11.1. The van der Waals surface area contributed by atoms with Gasteiger partial charge in [-0.25, -0.2) is 9.59 Å². The van der Waals surface area contributed by atoms with Crippen molar-refractivity contribution in [2.75, 3.05) is 11.9 Å². The summed E-state index contributed by atoms with van der Waals surface area (Å²) in [7, 11) is 1.61. The number of amides is 2. The van der Waals surface area contributed by atoms with Crippen molar-refractivity contribution in [2.45, 2.75) is 24.8 Å². The molecule has 0 bridgehead atoms. The summed E-state index contributed by atoms with van der Waals surface area (Å²) in [6.07, 6.45) is 4.37. The fraction of sp³-hybridized carbons (Fsp3) is 0.385. The Morgan fingerprint density at radius 3 is 2.72 bits per heavy atom. The number of aliphatic imine (C=N–C) groups is 1. The topological polar surface area (TPSA) is 75.8 Å². The van der Waals surface area contributed by atoms with Crippen LogP contribution in [-0.4, -0.2) is 19.2 Å². The molecule has 0 radical (unpaired) electrons. The number of primary amides is 1. The Labute approximate surface area is 105 Å². The molecule has 0 spiro atoms. The third-order valence-corrected chi connectivity index (χ3v) is 3.54. The quantitative estimate of drug-likeness (QED) is 0.652. The Balaban J connectivity index is 2.38. The number of hydrogen-bond donors (Lipinski definition) is 1. The van der Waals surface area contributed by atoms with Crippen LogP contribution in [0.3, 0.4) is 0 Å². The number of hydrogen-bond acceptors (Lipinski definition) is 3. The second-order valence-corrected chi connectivity index (χ2v) is 4.54. The lowest BCUT2D eigenvalue weighted by Gasteiger charge is -2.37. The lowest BCUT2D eigenvalue weighted by molar-refractivity contribution is 0.254. The molecular weight excluding hydrogens is 230 g/mol. The molecule has 0 aliphatic heterocycles. The van der Waals surface area contributed by atoms with Crippen molar-refractivity contribution >= 4 is 17.8 Å². The molecule has 5 heteroatoms. The number of carbonyl (C=O) groups is 1. The second-order valence-electron chi connectivity index (χ2n) is 4.54. The highest BCUT2D eigenvalue weighted by molar-refractivity contribution is 5.90. The molecule has 2 amide bonds. The average Bonchev–Trinajstić information content (AvgIpc) is 2.33. The lowest BCUT2D eigenvalue weighted by Crippen LogP contribution is -2.34. The molecule has 0 heterocycles. The van der Waals surface area contributed by atoms with Crippen molar-refractivity contribution in [2.24, 2.45) is 10.7 Å². The van der Waals surface area contributed by atoms with E-state index in [4.69, 9.17) is 5.73 Å². The van der Waals surface area contributed by atoms with Gasteiger partial charge in [0.25, 0.3) is 0 Å². The van der Waals surface area contributed by atoms with Crippen LogP contribution in [0.15, 0.2) is 29.3 Å². The molecule has 1 aromatic rings. The SMILES string of the molecule is CN(C(N)=O)c1cccc(C2(N=C=O)CCC2)c1. The summed E-state index contributed by atoms with van der Waals surface area (Å²) in [4.78, 5) is 27.0. The van der Waals surface area contributed by atoms with Crippen LogP contribution >= 0.6 is 0 Å². The first-order chi connectivity index (χ1) is 8.59. The molecule has 2 N–H and O–H groups in total.